The van der Waals surface area contributed by atoms with Crippen LogP contribution in [0.1, 0.15) is 68.6 Å². The number of carbonyl (C=O) groups is 1. The summed E-state index contributed by atoms with van der Waals surface area (Å²) in [7, 11) is 0. The van der Waals surface area contributed by atoms with Gasteiger partial charge in [0, 0.05) is 11.5 Å². The van der Waals surface area contributed by atoms with Crippen molar-refractivity contribution in [1.29, 1.82) is 0 Å². The molecule has 2 aromatic heterocycles. The summed E-state index contributed by atoms with van der Waals surface area (Å²) < 4.78 is 2.57. The van der Waals surface area contributed by atoms with Gasteiger partial charge in [-0.15, -0.1) is 9.78 Å². The molecular weight excluding hydrogens is 466 g/mol. The SMILES string of the molecule is CCCCCC1CCC(C(=O)n2ncn(Cc3ccc(-c4ccccc4-c4nnn[nH]4)cc3)c2=O)CC1. The normalized spacial score (nSPS) is 17.6. The number of aromatic amines is 1. The summed E-state index contributed by atoms with van der Waals surface area (Å²) in [4.78, 5) is 26.0. The molecule has 37 heavy (non-hydrogen) atoms. The van der Waals surface area contributed by atoms with Gasteiger partial charge in [-0.25, -0.2) is 9.89 Å². The monoisotopic (exact) mass is 499 g/mol. The van der Waals surface area contributed by atoms with E-state index in [2.05, 4.69) is 32.6 Å². The van der Waals surface area contributed by atoms with Gasteiger partial charge in [0.2, 0.25) is 0 Å². The van der Waals surface area contributed by atoms with Gasteiger partial charge in [0.25, 0.3) is 5.91 Å². The van der Waals surface area contributed by atoms with E-state index in [1.165, 1.54) is 36.6 Å². The molecule has 2 aromatic carbocycles. The Labute approximate surface area is 215 Å². The van der Waals surface area contributed by atoms with Crippen molar-refractivity contribution in [2.75, 3.05) is 0 Å². The van der Waals surface area contributed by atoms with Gasteiger partial charge < -0.3 is 0 Å². The molecular formula is C28H33N7O2. The first-order valence-corrected chi connectivity index (χ1v) is 13.2. The second-order valence-corrected chi connectivity index (χ2v) is 10.00. The molecule has 1 aliphatic carbocycles. The van der Waals surface area contributed by atoms with E-state index in [1.54, 1.807) is 0 Å². The van der Waals surface area contributed by atoms with E-state index in [0.717, 1.165) is 52.6 Å². The van der Waals surface area contributed by atoms with Crippen LogP contribution >= 0.6 is 0 Å². The summed E-state index contributed by atoms with van der Waals surface area (Å²) in [5, 5.41) is 18.4. The van der Waals surface area contributed by atoms with Crippen molar-refractivity contribution < 1.29 is 4.79 Å². The smallest absolute Gasteiger partial charge is 0.277 e. The van der Waals surface area contributed by atoms with Crippen LogP contribution in [0.25, 0.3) is 22.5 Å². The molecule has 0 bridgehead atoms. The van der Waals surface area contributed by atoms with Crippen LogP contribution < -0.4 is 5.69 Å². The Morgan fingerprint density at radius 1 is 1.00 bits per heavy atom. The molecule has 1 N–H and O–H groups in total. The lowest BCUT2D eigenvalue weighted by Gasteiger charge is -2.27. The number of unbranched alkanes of at least 4 members (excludes halogenated alkanes) is 2. The van der Waals surface area contributed by atoms with Crippen LogP contribution in [-0.2, 0) is 6.54 Å². The third-order valence-electron chi connectivity index (χ3n) is 7.50. The van der Waals surface area contributed by atoms with Crippen molar-refractivity contribution in [3.05, 3.63) is 70.9 Å². The molecule has 4 aromatic rings. The summed E-state index contributed by atoms with van der Waals surface area (Å²) >= 11 is 0. The third-order valence-corrected chi connectivity index (χ3v) is 7.50. The van der Waals surface area contributed by atoms with E-state index in [1.807, 2.05) is 48.5 Å². The topological polar surface area (TPSA) is 111 Å². The quantitative estimate of drug-likeness (QED) is 0.326. The summed E-state index contributed by atoms with van der Waals surface area (Å²) in [5.41, 5.74) is 3.50. The zero-order valence-corrected chi connectivity index (χ0v) is 21.2. The van der Waals surface area contributed by atoms with Crippen LogP contribution in [0.2, 0.25) is 0 Å². The van der Waals surface area contributed by atoms with Crippen LogP contribution in [0.4, 0.5) is 0 Å². The largest absolute Gasteiger partial charge is 0.353 e. The minimum atomic E-state index is -0.373. The van der Waals surface area contributed by atoms with Crippen LogP contribution in [0, 0.1) is 11.8 Å². The number of rotatable bonds is 9. The van der Waals surface area contributed by atoms with Gasteiger partial charge in [0.05, 0.1) is 6.54 Å². The Bertz CT molecular complexity index is 1360. The van der Waals surface area contributed by atoms with Gasteiger partial charge in [-0.05, 0) is 58.7 Å². The molecule has 9 heteroatoms. The number of nitrogens with zero attached hydrogens (tertiary/aromatic N) is 6. The highest BCUT2D eigenvalue weighted by Gasteiger charge is 2.29. The van der Waals surface area contributed by atoms with Crippen molar-refractivity contribution in [2.24, 2.45) is 11.8 Å². The lowest BCUT2D eigenvalue weighted by atomic mass is 9.79. The Hall–Kier alpha value is -3.88. The first-order valence-electron chi connectivity index (χ1n) is 13.2. The average molecular weight is 500 g/mol. The highest BCUT2D eigenvalue weighted by Crippen LogP contribution is 2.33. The van der Waals surface area contributed by atoms with Crippen molar-refractivity contribution in [3.8, 4) is 22.5 Å². The summed E-state index contributed by atoms with van der Waals surface area (Å²) in [6.45, 7) is 2.57. The summed E-state index contributed by atoms with van der Waals surface area (Å²) in [5.74, 6) is 1.05. The van der Waals surface area contributed by atoms with Gasteiger partial charge in [-0.2, -0.15) is 5.10 Å². The molecule has 0 unspecified atom stereocenters. The van der Waals surface area contributed by atoms with Gasteiger partial charge in [0.1, 0.15) is 6.33 Å². The minimum absolute atomic E-state index is 0.109. The molecule has 9 nitrogen and oxygen atoms in total. The third kappa shape index (κ3) is 5.60. The minimum Gasteiger partial charge on any atom is -0.277 e. The van der Waals surface area contributed by atoms with E-state index in [0.29, 0.717) is 18.3 Å². The maximum absolute atomic E-state index is 13.1. The fraction of sp³-hybridized carbons (Fsp3) is 0.429. The molecule has 0 radical (unpaired) electrons. The van der Waals surface area contributed by atoms with Crippen molar-refractivity contribution in [3.63, 3.8) is 0 Å². The molecule has 1 saturated carbocycles. The summed E-state index contributed by atoms with van der Waals surface area (Å²) in [6, 6.07) is 15.9. The molecule has 0 saturated heterocycles. The van der Waals surface area contributed by atoms with Crippen LogP contribution in [-0.4, -0.2) is 40.9 Å². The van der Waals surface area contributed by atoms with Crippen molar-refractivity contribution >= 4 is 5.91 Å². The lowest BCUT2D eigenvalue weighted by Crippen LogP contribution is -2.35. The molecule has 5 rings (SSSR count). The van der Waals surface area contributed by atoms with E-state index in [9.17, 15) is 9.59 Å². The fourth-order valence-corrected chi connectivity index (χ4v) is 5.35. The second kappa shape index (κ2) is 11.5. The van der Waals surface area contributed by atoms with Crippen LogP contribution in [0.15, 0.2) is 59.7 Å². The van der Waals surface area contributed by atoms with Crippen LogP contribution in [0.5, 0.6) is 0 Å². The molecule has 1 aliphatic rings. The Kier molecular flexibility index (Phi) is 7.67. The highest BCUT2D eigenvalue weighted by molar-refractivity contribution is 5.81. The zero-order valence-electron chi connectivity index (χ0n) is 21.2. The van der Waals surface area contributed by atoms with Crippen LogP contribution in [0.3, 0.4) is 0 Å². The standard InChI is InChI=1S/C28H33N7O2/c1-2-3-4-7-20-10-16-23(17-11-20)27(36)35-28(37)34(19-29-35)18-21-12-14-22(15-13-21)24-8-5-6-9-25(24)26-30-32-33-31-26/h5-6,8-9,12-15,19-20,23H,2-4,7,10-11,16-18H2,1H3,(H,30,31,32,33). The highest BCUT2D eigenvalue weighted by atomic mass is 16.2. The molecule has 1 fully saturated rings. The molecule has 192 valence electrons. The predicted octanol–water partition coefficient (Wildman–Crippen LogP) is 4.97. The molecule has 0 aliphatic heterocycles. The van der Waals surface area contributed by atoms with E-state index >= 15 is 0 Å². The number of aromatic nitrogens is 7. The van der Waals surface area contributed by atoms with Gasteiger partial charge >= 0.3 is 5.69 Å². The van der Waals surface area contributed by atoms with Crippen molar-refractivity contribution in [2.45, 2.75) is 64.8 Å². The summed E-state index contributed by atoms with van der Waals surface area (Å²) in [6.07, 6.45) is 10.3. The maximum Gasteiger partial charge on any atom is 0.353 e. The average Bonchev–Trinajstić information content (AvgIpc) is 3.60. The van der Waals surface area contributed by atoms with Gasteiger partial charge in [-0.1, -0.05) is 81.1 Å². The van der Waals surface area contributed by atoms with Crippen molar-refractivity contribution in [1.82, 2.24) is 35.0 Å². The molecule has 0 spiro atoms. The molecule has 2 heterocycles. The van der Waals surface area contributed by atoms with E-state index in [-0.39, 0.29) is 17.5 Å². The lowest BCUT2D eigenvalue weighted by molar-refractivity contribution is 0.0758. The Morgan fingerprint density at radius 3 is 2.46 bits per heavy atom. The first kappa shape index (κ1) is 24.8. The van der Waals surface area contributed by atoms with E-state index < -0.39 is 0 Å². The number of benzene rings is 2. The van der Waals surface area contributed by atoms with Gasteiger partial charge in [-0.3, -0.25) is 9.36 Å². The number of tetrazole rings is 1. The zero-order chi connectivity index (χ0) is 25.6. The number of carbonyl (C=O) groups excluding carboxylic acids is 1. The number of H-pyrrole nitrogens is 1. The molecule has 0 amide bonds. The number of hydrogen-bond acceptors (Lipinski definition) is 6. The number of nitrogens with one attached hydrogen (secondary N) is 1. The van der Waals surface area contributed by atoms with E-state index in [4.69, 9.17) is 0 Å². The maximum atomic E-state index is 13.1. The Balaban J connectivity index is 1.24. The molecule has 0 atom stereocenters. The number of hydrogen-bond donors (Lipinski definition) is 1. The second-order valence-electron chi connectivity index (χ2n) is 10.00. The first-order chi connectivity index (χ1) is 18.1. The van der Waals surface area contributed by atoms with Gasteiger partial charge in [0.15, 0.2) is 5.82 Å². The predicted molar refractivity (Wildman–Crippen MR) is 141 cm³/mol. The fourth-order valence-electron chi connectivity index (χ4n) is 5.35. The Morgan fingerprint density at radius 2 is 1.76 bits per heavy atom.